The number of rotatable bonds is 13. The van der Waals surface area contributed by atoms with Crippen molar-refractivity contribution in [3.05, 3.63) is 0 Å². The van der Waals surface area contributed by atoms with Crippen molar-refractivity contribution in [3.8, 4) is 0 Å². The fourth-order valence-electron chi connectivity index (χ4n) is 7.38. The van der Waals surface area contributed by atoms with Gasteiger partial charge in [0.2, 0.25) is 5.91 Å². The molecule has 0 bridgehead atoms. The Bertz CT molecular complexity index is 598. The van der Waals surface area contributed by atoms with Crippen LogP contribution in [-0.4, -0.2) is 18.7 Å². The Hall–Kier alpha value is -0.465. The number of carbonyl (C=O) groups is 1. The van der Waals surface area contributed by atoms with Crippen LogP contribution >= 0.6 is 0 Å². The molecule has 0 aromatic heterocycles. The van der Waals surface area contributed by atoms with Gasteiger partial charge < -0.3 is 5.32 Å². The first kappa shape index (κ1) is 31.8. The van der Waals surface area contributed by atoms with E-state index in [9.17, 15) is 4.79 Å². The van der Waals surface area contributed by atoms with Gasteiger partial charge in [-0.2, -0.15) is 0 Å². The molecule has 0 aromatic carbocycles. The largest absolute Gasteiger partial charge is 0.351 e. The summed E-state index contributed by atoms with van der Waals surface area (Å²) in [6.45, 7) is 12.0. The summed E-state index contributed by atoms with van der Waals surface area (Å²) < 4.78 is 0. The molecule has 2 nitrogen and oxygen atoms in total. The van der Waals surface area contributed by atoms with Crippen LogP contribution in [-0.2, 0) is 4.79 Å². The Morgan fingerprint density at radius 2 is 1.22 bits per heavy atom. The highest BCUT2D eigenvalue weighted by Crippen LogP contribution is 2.50. The lowest BCUT2D eigenvalue weighted by Crippen LogP contribution is -2.48. The van der Waals surface area contributed by atoms with Gasteiger partial charge in [-0.3, -0.25) is 4.79 Å². The molecule has 1 radical (unpaired) electrons. The normalized spacial score (nSPS) is 27.4. The molecule has 2 saturated carbocycles. The molecule has 2 rings (SSSR count). The van der Waals surface area contributed by atoms with Crippen LogP contribution in [0.5, 0.6) is 0 Å². The molecule has 1 N–H and O–H groups in total. The Balaban J connectivity index is 1.92. The van der Waals surface area contributed by atoms with E-state index in [1.54, 1.807) is 0 Å². The zero-order chi connectivity index (χ0) is 26.3. The SMILES string of the molecule is CCCCCCCC(C)(CCCC)NC(=O)C1CCCCC(C)([B]C2(C)CCCCCCC2)CCC1. The highest BCUT2D eigenvalue weighted by molar-refractivity contribution is 6.44. The van der Waals surface area contributed by atoms with Crippen LogP contribution in [0.4, 0.5) is 0 Å². The molecule has 0 heterocycles. The van der Waals surface area contributed by atoms with Gasteiger partial charge in [-0.15, -0.1) is 0 Å². The molecular weight excluding hydrogens is 437 g/mol. The molecule has 2 aliphatic rings. The lowest BCUT2D eigenvalue weighted by atomic mass is 9.36. The molecule has 0 saturated heterocycles. The Labute approximate surface area is 227 Å². The Kier molecular flexibility index (Phi) is 14.5. The van der Waals surface area contributed by atoms with Crippen LogP contribution in [0.25, 0.3) is 0 Å². The average Bonchev–Trinajstić information content (AvgIpc) is 2.91. The van der Waals surface area contributed by atoms with Gasteiger partial charge in [0.05, 0.1) is 0 Å². The van der Waals surface area contributed by atoms with Gasteiger partial charge in [0.15, 0.2) is 0 Å². The molecule has 3 atom stereocenters. The van der Waals surface area contributed by atoms with E-state index in [-0.39, 0.29) is 11.5 Å². The van der Waals surface area contributed by atoms with Gasteiger partial charge in [0.1, 0.15) is 7.28 Å². The van der Waals surface area contributed by atoms with E-state index >= 15 is 0 Å². The third kappa shape index (κ3) is 11.9. The van der Waals surface area contributed by atoms with Crippen molar-refractivity contribution in [1.29, 1.82) is 0 Å². The van der Waals surface area contributed by atoms with Crippen LogP contribution in [0.3, 0.4) is 0 Å². The number of nitrogens with one attached hydrogen (secondary N) is 1. The van der Waals surface area contributed by atoms with E-state index in [4.69, 9.17) is 0 Å². The predicted octanol–water partition coefficient (Wildman–Crippen LogP) is 10.6. The Morgan fingerprint density at radius 1 is 0.722 bits per heavy atom. The first-order chi connectivity index (χ1) is 17.2. The number of hydrogen-bond acceptors (Lipinski definition) is 1. The van der Waals surface area contributed by atoms with E-state index in [0.717, 1.165) is 25.7 Å². The standard InChI is InChI=1S/C33H63BNO/c1-6-8-10-12-18-28-33(5,27-9-7-2)35-30(36)29-21-15-19-25-32(4,26-20-22-29)34-31(3)23-16-13-11-14-17-24-31/h29H,6-28H2,1-5H3,(H,35,36). The maximum Gasteiger partial charge on any atom is 0.223 e. The molecular formula is C33H63BNO. The molecule has 36 heavy (non-hydrogen) atoms. The van der Waals surface area contributed by atoms with Crippen LogP contribution < -0.4 is 5.32 Å². The first-order valence-corrected chi connectivity index (χ1v) is 16.4. The monoisotopic (exact) mass is 501 g/mol. The molecule has 209 valence electrons. The van der Waals surface area contributed by atoms with Gasteiger partial charge in [-0.25, -0.2) is 0 Å². The summed E-state index contributed by atoms with van der Waals surface area (Å²) in [5.41, 5.74) is -0.0210. The van der Waals surface area contributed by atoms with E-state index in [1.165, 1.54) is 122 Å². The second-order valence-electron chi connectivity index (χ2n) is 13.9. The summed E-state index contributed by atoms with van der Waals surface area (Å²) in [6, 6.07) is 0. The lowest BCUT2D eigenvalue weighted by Gasteiger charge is -2.40. The first-order valence-electron chi connectivity index (χ1n) is 16.4. The quantitative estimate of drug-likeness (QED) is 0.198. The molecule has 1 amide bonds. The van der Waals surface area contributed by atoms with Crippen LogP contribution in [0.2, 0.25) is 10.6 Å². The summed E-state index contributed by atoms with van der Waals surface area (Å²) in [6.07, 6.45) is 29.5. The van der Waals surface area contributed by atoms with Gasteiger partial charge >= 0.3 is 0 Å². The highest BCUT2D eigenvalue weighted by Gasteiger charge is 2.37. The maximum atomic E-state index is 13.6. The molecule has 3 heteroatoms. The van der Waals surface area contributed by atoms with Crippen molar-refractivity contribution in [2.24, 2.45) is 5.92 Å². The minimum atomic E-state index is -0.0210. The van der Waals surface area contributed by atoms with Gasteiger partial charge in [0.25, 0.3) is 0 Å². The number of amides is 1. The third-order valence-electron chi connectivity index (χ3n) is 9.75. The van der Waals surface area contributed by atoms with Gasteiger partial charge in [0, 0.05) is 11.5 Å². The van der Waals surface area contributed by atoms with Crippen molar-refractivity contribution >= 4 is 13.2 Å². The molecule has 2 aliphatic carbocycles. The average molecular weight is 501 g/mol. The smallest absolute Gasteiger partial charge is 0.223 e. The van der Waals surface area contributed by atoms with Crippen molar-refractivity contribution < 1.29 is 4.79 Å². The fourth-order valence-corrected chi connectivity index (χ4v) is 7.38. The fraction of sp³-hybridized carbons (Fsp3) is 0.970. The van der Waals surface area contributed by atoms with E-state index in [1.807, 2.05) is 0 Å². The number of unbranched alkanes of at least 4 members (excludes halogenated alkanes) is 5. The summed E-state index contributed by atoms with van der Waals surface area (Å²) in [7, 11) is 2.81. The third-order valence-corrected chi connectivity index (χ3v) is 9.75. The summed E-state index contributed by atoms with van der Waals surface area (Å²) in [5.74, 6) is 0.576. The molecule has 2 fully saturated rings. The van der Waals surface area contributed by atoms with E-state index < -0.39 is 0 Å². The van der Waals surface area contributed by atoms with E-state index in [2.05, 4.69) is 47.2 Å². The zero-order valence-corrected chi connectivity index (χ0v) is 25.3. The molecule has 3 unspecified atom stereocenters. The Morgan fingerprint density at radius 3 is 1.86 bits per heavy atom. The number of hydrogen-bond donors (Lipinski definition) is 1. The minimum absolute atomic E-state index is 0.0210. The molecule has 0 aromatic rings. The maximum absolute atomic E-state index is 13.6. The predicted molar refractivity (Wildman–Crippen MR) is 160 cm³/mol. The lowest BCUT2D eigenvalue weighted by molar-refractivity contribution is -0.127. The van der Waals surface area contributed by atoms with Crippen LogP contribution in [0.1, 0.15) is 182 Å². The van der Waals surface area contributed by atoms with Crippen molar-refractivity contribution in [3.63, 3.8) is 0 Å². The number of carbonyl (C=O) groups excluding carboxylic acids is 1. The minimum Gasteiger partial charge on any atom is -0.351 e. The van der Waals surface area contributed by atoms with Crippen molar-refractivity contribution in [2.75, 3.05) is 0 Å². The summed E-state index contributed by atoms with van der Waals surface area (Å²) in [4.78, 5) is 13.6. The van der Waals surface area contributed by atoms with Gasteiger partial charge in [-0.1, -0.05) is 160 Å². The molecule has 0 spiro atoms. The molecule has 0 aliphatic heterocycles. The van der Waals surface area contributed by atoms with Crippen LogP contribution in [0, 0.1) is 5.92 Å². The van der Waals surface area contributed by atoms with Crippen LogP contribution in [0.15, 0.2) is 0 Å². The second-order valence-corrected chi connectivity index (χ2v) is 13.9. The van der Waals surface area contributed by atoms with Crippen molar-refractivity contribution in [1.82, 2.24) is 5.32 Å². The van der Waals surface area contributed by atoms with Crippen molar-refractivity contribution in [2.45, 2.75) is 198 Å². The zero-order valence-electron chi connectivity index (χ0n) is 25.3. The summed E-state index contributed by atoms with van der Waals surface area (Å²) in [5, 5.41) is 4.37. The second kappa shape index (κ2) is 16.5. The van der Waals surface area contributed by atoms with Gasteiger partial charge in [-0.05, 0) is 32.6 Å². The topological polar surface area (TPSA) is 29.1 Å². The summed E-state index contributed by atoms with van der Waals surface area (Å²) >= 11 is 0. The van der Waals surface area contributed by atoms with E-state index in [0.29, 0.717) is 16.5 Å². The highest BCUT2D eigenvalue weighted by atomic mass is 16.2.